The molecule has 1 N–H and O–H groups in total. The van der Waals surface area contributed by atoms with Crippen molar-refractivity contribution in [1.82, 2.24) is 0 Å². The van der Waals surface area contributed by atoms with E-state index in [1.807, 2.05) is 0 Å². The summed E-state index contributed by atoms with van der Waals surface area (Å²) in [5.41, 5.74) is 0.625. The summed E-state index contributed by atoms with van der Waals surface area (Å²) in [6.07, 6.45) is -0.854. The maximum absolute atomic E-state index is 13.0. The molecule has 2 aliphatic heterocycles. The van der Waals surface area contributed by atoms with Crippen molar-refractivity contribution >= 4 is 5.69 Å². The smallest absolute Gasteiger partial charge is 0.395 e. The third kappa shape index (κ3) is 3.05. The first-order valence-electron chi connectivity index (χ1n) is 7.19. The Balaban J connectivity index is 1.69. The zero-order valence-corrected chi connectivity index (χ0v) is 12.1. The summed E-state index contributed by atoms with van der Waals surface area (Å²) in [4.78, 5) is 0. The Morgan fingerprint density at radius 2 is 2.05 bits per heavy atom. The second-order valence-electron chi connectivity index (χ2n) is 5.81. The summed E-state index contributed by atoms with van der Waals surface area (Å²) in [6, 6.07) is 5.03. The van der Waals surface area contributed by atoms with Crippen LogP contribution >= 0.6 is 0 Å². The number of halogens is 2. The number of rotatable bonds is 3. The summed E-state index contributed by atoms with van der Waals surface area (Å²) < 4.78 is 40.6. The molecule has 0 saturated carbocycles. The highest BCUT2D eigenvalue weighted by atomic mass is 19.3. The number of benzene rings is 1. The van der Waals surface area contributed by atoms with Crippen LogP contribution in [0.3, 0.4) is 0 Å². The predicted octanol–water partition coefficient (Wildman–Crippen LogP) is 3.77. The molecule has 3 rings (SSSR count). The lowest BCUT2D eigenvalue weighted by Crippen LogP contribution is -2.41. The monoisotopic (exact) mass is 299 g/mol. The molecule has 2 unspecified atom stereocenters. The minimum absolute atomic E-state index is 0.0651. The molecule has 1 aromatic carbocycles. The Labute approximate surface area is 122 Å². The van der Waals surface area contributed by atoms with Gasteiger partial charge in [-0.1, -0.05) is 6.92 Å². The van der Waals surface area contributed by atoms with Gasteiger partial charge in [-0.15, -0.1) is 8.78 Å². The van der Waals surface area contributed by atoms with E-state index in [-0.39, 0.29) is 23.1 Å². The van der Waals surface area contributed by atoms with Crippen LogP contribution in [-0.4, -0.2) is 24.5 Å². The summed E-state index contributed by atoms with van der Waals surface area (Å²) in [5, 5.41) is 3.37. The Morgan fingerprint density at radius 3 is 2.81 bits per heavy atom. The molecule has 2 aliphatic rings. The molecule has 2 atom stereocenters. The lowest BCUT2D eigenvalue weighted by Gasteiger charge is -2.38. The van der Waals surface area contributed by atoms with Crippen molar-refractivity contribution in [2.24, 2.45) is 0 Å². The zero-order valence-electron chi connectivity index (χ0n) is 12.1. The Kier molecular flexibility index (Phi) is 3.43. The lowest BCUT2D eigenvalue weighted by molar-refractivity contribution is -0.286. The van der Waals surface area contributed by atoms with Gasteiger partial charge in [0.1, 0.15) is 0 Å². The average Bonchev–Trinajstić information content (AvgIpc) is 2.72. The lowest BCUT2D eigenvalue weighted by atomic mass is 9.90. The minimum atomic E-state index is -3.57. The van der Waals surface area contributed by atoms with Gasteiger partial charge in [0.25, 0.3) is 0 Å². The van der Waals surface area contributed by atoms with Gasteiger partial charge in [-0.05, 0) is 38.3 Å². The first-order chi connectivity index (χ1) is 9.89. The first kappa shape index (κ1) is 14.4. The van der Waals surface area contributed by atoms with Crippen molar-refractivity contribution in [1.29, 1.82) is 0 Å². The normalized spacial score (nSPS) is 30.2. The number of nitrogens with one attached hydrogen (secondary N) is 1. The molecule has 116 valence electrons. The van der Waals surface area contributed by atoms with Crippen LogP contribution in [-0.2, 0) is 4.74 Å². The van der Waals surface area contributed by atoms with Crippen LogP contribution < -0.4 is 14.8 Å². The molecule has 21 heavy (non-hydrogen) atoms. The molecule has 1 fully saturated rings. The van der Waals surface area contributed by atoms with Crippen LogP contribution in [0.2, 0.25) is 0 Å². The van der Waals surface area contributed by atoms with E-state index >= 15 is 0 Å². The first-order valence-corrected chi connectivity index (χ1v) is 7.19. The average molecular weight is 299 g/mol. The molecule has 4 nitrogen and oxygen atoms in total. The van der Waals surface area contributed by atoms with Gasteiger partial charge in [0.15, 0.2) is 11.5 Å². The molecule has 2 heterocycles. The summed E-state index contributed by atoms with van der Waals surface area (Å²) in [7, 11) is 0. The standard InChI is InChI=1S/C15H19F2NO3/c1-3-14(2)9-11(6-7-19-14)18-10-4-5-12-13(8-10)21-15(16,17)20-12/h4-5,8,11,18H,3,6-7,9H2,1-2H3. The number of ether oxygens (including phenoxy) is 3. The number of alkyl halides is 2. The van der Waals surface area contributed by atoms with Crippen LogP contribution in [0.4, 0.5) is 14.5 Å². The van der Waals surface area contributed by atoms with Crippen LogP contribution in [0.1, 0.15) is 33.1 Å². The Hall–Kier alpha value is -1.56. The van der Waals surface area contributed by atoms with Crippen molar-refractivity contribution in [2.45, 2.75) is 51.0 Å². The quantitative estimate of drug-likeness (QED) is 0.922. The van der Waals surface area contributed by atoms with Crippen molar-refractivity contribution in [3.8, 4) is 11.5 Å². The van der Waals surface area contributed by atoms with Crippen LogP contribution in [0.25, 0.3) is 0 Å². The number of hydrogen-bond acceptors (Lipinski definition) is 4. The fraction of sp³-hybridized carbons (Fsp3) is 0.600. The maximum Gasteiger partial charge on any atom is 0.586 e. The Morgan fingerprint density at radius 1 is 1.29 bits per heavy atom. The SMILES string of the molecule is CCC1(C)CC(Nc2ccc3c(c2)OC(F)(F)O3)CCO1. The number of hydrogen-bond donors (Lipinski definition) is 1. The zero-order chi connectivity index (χ0) is 15.1. The summed E-state index contributed by atoms with van der Waals surface area (Å²) >= 11 is 0. The Bertz CT molecular complexity index is 538. The molecule has 0 aliphatic carbocycles. The highest BCUT2D eigenvalue weighted by Gasteiger charge is 2.43. The van der Waals surface area contributed by atoms with Gasteiger partial charge in [-0.25, -0.2) is 0 Å². The van der Waals surface area contributed by atoms with Gasteiger partial charge in [-0.3, -0.25) is 0 Å². The summed E-state index contributed by atoms with van der Waals surface area (Å²) in [5.74, 6) is 0.131. The molecule has 1 aromatic rings. The minimum Gasteiger partial charge on any atom is -0.395 e. The van der Waals surface area contributed by atoms with Gasteiger partial charge < -0.3 is 19.5 Å². The predicted molar refractivity (Wildman–Crippen MR) is 73.9 cm³/mol. The number of anilines is 1. The van der Waals surface area contributed by atoms with E-state index in [9.17, 15) is 8.78 Å². The topological polar surface area (TPSA) is 39.7 Å². The second kappa shape index (κ2) is 5.02. The fourth-order valence-corrected chi connectivity index (χ4v) is 2.77. The number of fused-ring (bicyclic) bond motifs is 1. The molecule has 0 amide bonds. The van der Waals surface area contributed by atoms with Crippen LogP contribution in [0, 0.1) is 0 Å². The van der Waals surface area contributed by atoms with Crippen molar-refractivity contribution < 1.29 is 23.0 Å². The van der Waals surface area contributed by atoms with Crippen LogP contribution in [0.5, 0.6) is 11.5 Å². The van der Waals surface area contributed by atoms with Gasteiger partial charge in [0, 0.05) is 24.4 Å². The van der Waals surface area contributed by atoms with Gasteiger partial charge >= 0.3 is 6.29 Å². The van der Waals surface area contributed by atoms with E-state index in [0.717, 1.165) is 24.9 Å². The molecule has 0 bridgehead atoms. The van der Waals surface area contributed by atoms with E-state index < -0.39 is 6.29 Å². The van der Waals surface area contributed by atoms with Crippen LogP contribution in [0.15, 0.2) is 18.2 Å². The molecular weight excluding hydrogens is 280 g/mol. The third-order valence-corrected chi connectivity index (χ3v) is 4.11. The van der Waals surface area contributed by atoms with E-state index in [0.29, 0.717) is 6.61 Å². The molecule has 0 aromatic heterocycles. The van der Waals surface area contributed by atoms with Crippen molar-refractivity contribution in [2.75, 3.05) is 11.9 Å². The highest BCUT2D eigenvalue weighted by Crippen LogP contribution is 2.42. The van der Waals surface area contributed by atoms with Gasteiger partial charge in [-0.2, -0.15) is 0 Å². The van der Waals surface area contributed by atoms with E-state index in [4.69, 9.17) is 4.74 Å². The van der Waals surface area contributed by atoms with Crippen molar-refractivity contribution in [3.63, 3.8) is 0 Å². The third-order valence-electron chi connectivity index (χ3n) is 4.11. The van der Waals surface area contributed by atoms with Gasteiger partial charge in [0.05, 0.1) is 5.60 Å². The van der Waals surface area contributed by atoms with E-state index in [1.54, 1.807) is 12.1 Å². The molecule has 0 radical (unpaired) electrons. The molecule has 6 heteroatoms. The molecule has 1 saturated heterocycles. The van der Waals surface area contributed by atoms with Gasteiger partial charge in [0.2, 0.25) is 0 Å². The molecule has 0 spiro atoms. The largest absolute Gasteiger partial charge is 0.586 e. The highest BCUT2D eigenvalue weighted by molar-refractivity contribution is 5.56. The van der Waals surface area contributed by atoms with Crippen molar-refractivity contribution in [3.05, 3.63) is 18.2 Å². The molecular formula is C15H19F2NO3. The van der Waals surface area contributed by atoms with E-state index in [2.05, 4.69) is 28.6 Å². The summed E-state index contributed by atoms with van der Waals surface area (Å²) in [6.45, 7) is 4.90. The maximum atomic E-state index is 13.0. The fourth-order valence-electron chi connectivity index (χ4n) is 2.77. The van der Waals surface area contributed by atoms with E-state index in [1.165, 1.54) is 6.07 Å². The second-order valence-corrected chi connectivity index (χ2v) is 5.81.